The molecule has 1 aromatic carbocycles. The van der Waals surface area contributed by atoms with Crippen LogP contribution in [-0.4, -0.2) is 20.1 Å². The summed E-state index contributed by atoms with van der Waals surface area (Å²) in [5.74, 6) is -0.412. The lowest BCUT2D eigenvalue weighted by atomic mass is 10.1. The summed E-state index contributed by atoms with van der Waals surface area (Å²) in [6.07, 6.45) is 2.79. The second-order valence-corrected chi connectivity index (χ2v) is 3.98. The first-order valence-corrected chi connectivity index (χ1v) is 5.51. The molecule has 0 spiro atoms. The number of phenolic OH excluding ortho intramolecular Hbond substituents is 1. The summed E-state index contributed by atoms with van der Waals surface area (Å²) >= 11 is 0. The minimum Gasteiger partial charge on any atom is -0.507 e. The largest absolute Gasteiger partial charge is 0.507 e. The van der Waals surface area contributed by atoms with Crippen LogP contribution in [0.3, 0.4) is 0 Å². The molecular formula is C13H9FN4O. The van der Waals surface area contributed by atoms with Gasteiger partial charge in [-0.1, -0.05) is 6.07 Å². The summed E-state index contributed by atoms with van der Waals surface area (Å²) in [7, 11) is 0. The SMILES string of the molecule is Nc1ncnc2cc(-c3c(O)cccc3F)ncc12. The maximum Gasteiger partial charge on any atom is 0.136 e. The van der Waals surface area contributed by atoms with Gasteiger partial charge in [0, 0.05) is 6.20 Å². The second kappa shape index (κ2) is 4.16. The Labute approximate surface area is 107 Å². The van der Waals surface area contributed by atoms with Crippen LogP contribution in [0.25, 0.3) is 22.2 Å². The van der Waals surface area contributed by atoms with E-state index in [1.807, 2.05) is 0 Å². The zero-order valence-corrected chi connectivity index (χ0v) is 9.71. The molecule has 0 bridgehead atoms. The van der Waals surface area contributed by atoms with E-state index in [1.54, 1.807) is 6.07 Å². The highest BCUT2D eigenvalue weighted by atomic mass is 19.1. The number of nitrogens with zero attached hydrogens (tertiary/aromatic N) is 3. The molecule has 2 aromatic heterocycles. The number of benzene rings is 1. The molecule has 5 nitrogen and oxygen atoms in total. The van der Waals surface area contributed by atoms with Gasteiger partial charge in [0.15, 0.2) is 0 Å². The summed E-state index contributed by atoms with van der Waals surface area (Å²) in [5, 5.41) is 10.3. The van der Waals surface area contributed by atoms with Crippen LogP contribution in [0.5, 0.6) is 5.75 Å². The topological polar surface area (TPSA) is 84.9 Å². The number of nitrogens with two attached hydrogens (primary N) is 1. The zero-order chi connectivity index (χ0) is 13.4. The summed E-state index contributed by atoms with van der Waals surface area (Å²) in [6.45, 7) is 0. The van der Waals surface area contributed by atoms with Crippen molar-refractivity contribution in [3.05, 3.63) is 42.6 Å². The molecule has 0 aliphatic heterocycles. The summed E-state index contributed by atoms with van der Waals surface area (Å²) in [4.78, 5) is 12.0. The molecule has 3 N–H and O–H groups in total. The van der Waals surface area contributed by atoms with Crippen LogP contribution in [0.1, 0.15) is 0 Å². The van der Waals surface area contributed by atoms with Crippen LogP contribution in [0.4, 0.5) is 10.2 Å². The third-order valence-corrected chi connectivity index (χ3v) is 2.80. The molecule has 0 unspecified atom stereocenters. The third-order valence-electron chi connectivity index (χ3n) is 2.80. The molecule has 0 fully saturated rings. The Morgan fingerprint density at radius 3 is 2.79 bits per heavy atom. The number of phenols is 1. The van der Waals surface area contributed by atoms with Crippen molar-refractivity contribution in [3.8, 4) is 17.0 Å². The molecule has 0 saturated carbocycles. The van der Waals surface area contributed by atoms with Crippen molar-refractivity contribution in [2.75, 3.05) is 5.73 Å². The number of hydrogen-bond acceptors (Lipinski definition) is 5. The van der Waals surface area contributed by atoms with Gasteiger partial charge in [-0.05, 0) is 18.2 Å². The van der Waals surface area contributed by atoms with Gasteiger partial charge in [0.05, 0.1) is 22.2 Å². The number of rotatable bonds is 1. The van der Waals surface area contributed by atoms with Crippen molar-refractivity contribution in [3.63, 3.8) is 0 Å². The van der Waals surface area contributed by atoms with Gasteiger partial charge in [0.2, 0.25) is 0 Å². The third kappa shape index (κ3) is 1.83. The maximum atomic E-state index is 13.8. The van der Waals surface area contributed by atoms with Crippen molar-refractivity contribution in [2.45, 2.75) is 0 Å². The lowest BCUT2D eigenvalue weighted by Gasteiger charge is -2.06. The molecule has 6 heteroatoms. The fourth-order valence-electron chi connectivity index (χ4n) is 1.87. The zero-order valence-electron chi connectivity index (χ0n) is 9.71. The molecule has 3 aromatic rings. The van der Waals surface area contributed by atoms with Gasteiger partial charge in [-0.2, -0.15) is 0 Å². The quantitative estimate of drug-likeness (QED) is 0.696. The highest BCUT2D eigenvalue weighted by Gasteiger charge is 2.13. The van der Waals surface area contributed by atoms with E-state index in [0.717, 1.165) is 0 Å². The van der Waals surface area contributed by atoms with Crippen molar-refractivity contribution in [1.82, 2.24) is 15.0 Å². The molecular weight excluding hydrogens is 247 g/mol. The van der Waals surface area contributed by atoms with Crippen LogP contribution >= 0.6 is 0 Å². The molecule has 19 heavy (non-hydrogen) atoms. The normalized spacial score (nSPS) is 10.8. The lowest BCUT2D eigenvalue weighted by molar-refractivity contribution is 0.471. The fourth-order valence-corrected chi connectivity index (χ4v) is 1.87. The van der Waals surface area contributed by atoms with Crippen molar-refractivity contribution in [2.24, 2.45) is 0 Å². The van der Waals surface area contributed by atoms with E-state index in [1.165, 1.54) is 30.7 Å². The van der Waals surface area contributed by atoms with E-state index in [0.29, 0.717) is 22.4 Å². The predicted octanol–water partition coefficient (Wildman–Crippen LogP) is 2.12. The molecule has 0 saturated heterocycles. The number of hydrogen-bond donors (Lipinski definition) is 2. The van der Waals surface area contributed by atoms with Crippen LogP contribution in [-0.2, 0) is 0 Å². The number of aromatic hydroxyl groups is 1. The van der Waals surface area contributed by atoms with Gasteiger partial charge < -0.3 is 10.8 Å². The molecule has 0 amide bonds. The van der Waals surface area contributed by atoms with Crippen LogP contribution in [0.15, 0.2) is 36.8 Å². The average molecular weight is 256 g/mol. The number of aromatic nitrogens is 3. The number of halogens is 1. The van der Waals surface area contributed by atoms with E-state index < -0.39 is 5.82 Å². The highest BCUT2D eigenvalue weighted by Crippen LogP contribution is 2.31. The molecule has 94 valence electrons. The van der Waals surface area contributed by atoms with Gasteiger partial charge in [-0.3, -0.25) is 4.98 Å². The van der Waals surface area contributed by atoms with E-state index in [2.05, 4.69) is 15.0 Å². The molecule has 0 aliphatic rings. The van der Waals surface area contributed by atoms with Crippen molar-refractivity contribution >= 4 is 16.7 Å². The summed E-state index contributed by atoms with van der Waals surface area (Å²) in [5.41, 5.74) is 6.57. The van der Waals surface area contributed by atoms with E-state index in [9.17, 15) is 9.50 Å². The highest BCUT2D eigenvalue weighted by molar-refractivity contribution is 5.89. The maximum absolute atomic E-state index is 13.8. The van der Waals surface area contributed by atoms with E-state index in [4.69, 9.17) is 5.73 Å². The minimum atomic E-state index is -0.547. The van der Waals surface area contributed by atoms with Gasteiger partial charge >= 0.3 is 0 Å². The van der Waals surface area contributed by atoms with Gasteiger partial charge in [0.25, 0.3) is 0 Å². The Morgan fingerprint density at radius 2 is 2.00 bits per heavy atom. The average Bonchev–Trinajstić information content (AvgIpc) is 2.39. The van der Waals surface area contributed by atoms with Gasteiger partial charge in [-0.15, -0.1) is 0 Å². The van der Waals surface area contributed by atoms with Gasteiger partial charge in [0.1, 0.15) is 23.7 Å². The molecule has 0 radical (unpaired) electrons. The standard InChI is InChI=1S/C13H9FN4O/c14-8-2-1-3-11(19)12(8)10-4-9-7(5-16-10)13(15)18-6-17-9/h1-6,19H,(H2,15,17,18). The van der Waals surface area contributed by atoms with Crippen molar-refractivity contribution < 1.29 is 9.50 Å². The Hall–Kier alpha value is -2.76. The summed E-state index contributed by atoms with van der Waals surface area (Å²) < 4.78 is 13.8. The fraction of sp³-hybridized carbons (Fsp3) is 0. The predicted molar refractivity (Wildman–Crippen MR) is 68.8 cm³/mol. The Morgan fingerprint density at radius 1 is 1.16 bits per heavy atom. The Bertz CT molecular complexity index is 755. The van der Waals surface area contributed by atoms with Crippen LogP contribution in [0, 0.1) is 5.82 Å². The first kappa shape index (κ1) is 11.3. The van der Waals surface area contributed by atoms with Crippen LogP contribution < -0.4 is 5.73 Å². The van der Waals surface area contributed by atoms with Gasteiger partial charge in [-0.25, -0.2) is 14.4 Å². The Balaban J connectivity index is 2.27. The molecule has 3 rings (SSSR count). The molecule has 0 atom stereocenters. The van der Waals surface area contributed by atoms with E-state index >= 15 is 0 Å². The number of fused-ring (bicyclic) bond motifs is 1. The monoisotopic (exact) mass is 256 g/mol. The molecule has 2 heterocycles. The number of pyridine rings is 1. The minimum absolute atomic E-state index is 0.0431. The smallest absolute Gasteiger partial charge is 0.136 e. The lowest BCUT2D eigenvalue weighted by Crippen LogP contribution is -1.95. The number of anilines is 1. The number of nitrogen functional groups attached to an aromatic ring is 1. The van der Waals surface area contributed by atoms with Crippen molar-refractivity contribution in [1.29, 1.82) is 0 Å². The van der Waals surface area contributed by atoms with Crippen LogP contribution in [0.2, 0.25) is 0 Å². The first-order chi connectivity index (χ1) is 9.16. The first-order valence-electron chi connectivity index (χ1n) is 5.51. The summed E-state index contributed by atoms with van der Waals surface area (Å²) in [6, 6.07) is 5.65. The van der Waals surface area contributed by atoms with E-state index in [-0.39, 0.29) is 11.3 Å². The second-order valence-electron chi connectivity index (χ2n) is 3.98. The molecule has 0 aliphatic carbocycles. The Kier molecular flexibility index (Phi) is 2.49.